The lowest BCUT2D eigenvalue weighted by Gasteiger charge is -2.37. The molecule has 3 rings (SSSR count). The molecule has 2 aromatic carbocycles. The Kier molecular flexibility index (Phi) is 6.16. The molecule has 1 amide bonds. The number of nitrogens with zero attached hydrogens (tertiary/aromatic N) is 2. The highest BCUT2D eigenvalue weighted by Gasteiger charge is 2.28. The van der Waals surface area contributed by atoms with Crippen molar-refractivity contribution in [3.05, 3.63) is 54.3 Å². The number of rotatable bonds is 6. The standard InChI is InChI=1S/C21H25FN2O3/c1-3-20(27-19-8-4-16(22)5-9-19)21(25)24-14-12-23(13-15-24)17-6-10-18(26-2)11-7-17/h4-11,20H,3,12-15H2,1-2H3. The number of carbonyl (C=O) groups is 1. The number of piperazine rings is 1. The number of anilines is 1. The lowest BCUT2D eigenvalue weighted by Crippen LogP contribution is -2.52. The summed E-state index contributed by atoms with van der Waals surface area (Å²) in [4.78, 5) is 16.9. The van der Waals surface area contributed by atoms with Crippen molar-refractivity contribution in [3.63, 3.8) is 0 Å². The Labute approximate surface area is 159 Å². The second-order valence-electron chi connectivity index (χ2n) is 6.48. The van der Waals surface area contributed by atoms with E-state index in [1.165, 1.54) is 12.1 Å². The fourth-order valence-electron chi connectivity index (χ4n) is 3.17. The SMILES string of the molecule is CCC(Oc1ccc(F)cc1)C(=O)N1CCN(c2ccc(OC)cc2)CC1. The Hall–Kier alpha value is -2.76. The van der Waals surface area contributed by atoms with Gasteiger partial charge in [-0.3, -0.25) is 4.79 Å². The van der Waals surface area contributed by atoms with Crippen LogP contribution in [0.3, 0.4) is 0 Å². The fourth-order valence-corrected chi connectivity index (χ4v) is 3.17. The van der Waals surface area contributed by atoms with Crippen molar-refractivity contribution in [1.29, 1.82) is 0 Å². The van der Waals surface area contributed by atoms with Crippen molar-refractivity contribution in [2.45, 2.75) is 19.4 Å². The minimum Gasteiger partial charge on any atom is -0.497 e. The van der Waals surface area contributed by atoms with Crippen LogP contribution in [0.15, 0.2) is 48.5 Å². The smallest absolute Gasteiger partial charge is 0.263 e. The van der Waals surface area contributed by atoms with E-state index in [1.807, 2.05) is 36.1 Å². The zero-order valence-corrected chi connectivity index (χ0v) is 15.7. The molecule has 0 radical (unpaired) electrons. The van der Waals surface area contributed by atoms with E-state index in [-0.39, 0.29) is 11.7 Å². The number of methoxy groups -OCH3 is 1. The molecule has 5 nitrogen and oxygen atoms in total. The molecule has 0 spiro atoms. The van der Waals surface area contributed by atoms with E-state index < -0.39 is 6.10 Å². The molecular formula is C21H25FN2O3. The maximum atomic E-state index is 13.0. The van der Waals surface area contributed by atoms with Gasteiger partial charge in [-0.25, -0.2) is 4.39 Å². The molecule has 144 valence electrons. The molecule has 0 bridgehead atoms. The molecule has 1 saturated heterocycles. The Morgan fingerprint density at radius 3 is 2.15 bits per heavy atom. The van der Waals surface area contributed by atoms with Crippen LogP contribution in [0.1, 0.15) is 13.3 Å². The monoisotopic (exact) mass is 372 g/mol. The van der Waals surface area contributed by atoms with Gasteiger partial charge in [0.15, 0.2) is 6.10 Å². The molecule has 0 saturated carbocycles. The van der Waals surface area contributed by atoms with Gasteiger partial charge in [-0.2, -0.15) is 0 Å². The molecule has 6 heteroatoms. The van der Waals surface area contributed by atoms with Gasteiger partial charge >= 0.3 is 0 Å². The number of benzene rings is 2. The molecule has 1 fully saturated rings. The van der Waals surface area contributed by atoms with Gasteiger partial charge < -0.3 is 19.3 Å². The van der Waals surface area contributed by atoms with Gasteiger partial charge in [-0.15, -0.1) is 0 Å². The number of halogens is 1. The highest BCUT2D eigenvalue weighted by atomic mass is 19.1. The second-order valence-corrected chi connectivity index (χ2v) is 6.48. The number of amides is 1. The van der Waals surface area contributed by atoms with Crippen LogP contribution in [0.2, 0.25) is 0 Å². The highest BCUT2D eigenvalue weighted by Crippen LogP contribution is 2.21. The summed E-state index contributed by atoms with van der Waals surface area (Å²) in [6, 6.07) is 13.7. The van der Waals surface area contributed by atoms with Crippen molar-refractivity contribution in [3.8, 4) is 11.5 Å². The zero-order valence-electron chi connectivity index (χ0n) is 15.7. The van der Waals surface area contributed by atoms with Gasteiger partial charge in [0.05, 0.1) is 7.11 Å². The van der Waals surface area contributed by atoms with Crippen molar-refractivity contribution in [2.24, 2.45) is 0 Å². The normalized spacial score (nSPS) is 15.4. The maximum Gasteiger partial charge on any atom is 0.263 e. The van der Waals surface area contributed by atoms with E-state index in [4.69, 9.17) is 9.47 Å². The second kappa shape index (κ2) is 8.75. The van der Waals surface area contributed by atoms with E-state index in [9.17, 15) is 9.18 Å². The van der Waals surface area contributed by atoms with Gasteiger partial charge in [0.25, 0.3) is 5.91 Å². The predicted molar refractivity (Wildman–Crippen MR) is 103 cm³/mol. The third-order valence-electron chi connectivity index (χ3n) is 4.77. The lowest BCUT2D eigenvalue weighted by atomic mass is 10.2. The Bertz CT molecular complexity index is 741. The Morgan fingerprint density at radius 2 is 1.59 bits per heavy atom. The van der Waals surface area contributed by atoms with Crippen LogP contribution in [0.25, 0.3) is 0 Å². The highest BCUT2D eigenvalue weighted by molar-refractivity contribution is 5.81. The first kappa shape index (κ1) is 19.0. The fraction of sp³-hybridized carbons (Fsp3) is 0.381. The summed E-state index contributed by atoms with van der Waals surface area (Å²) < 4.78 is 24.0. The number of carbonyl (C=O) groups excluding carboxylic acids is 1. The summed E-state index contributed by atoms with van der Waals surface area (Å²) >= 11 is 0. The van der Waals surface area contributed by atoms with Crippen LogP contribution in [-0.4, -0.2) is 50.2 Å². The van der Waals surface area contributed by atoms with E-state index >= 15 is 0 Å². The van der Waals surface area contributed by atoms with Gasteiger partial charge in [-0.1, -0.05) is 6.92 Å². The first-order valence-electron chi connectivity index (χ1n) is 9.20. The van der Waals surface area contributed by atoms with E-state index in [1.54, 1.807) is 19.2 Å². The van der Waals surface area contributed by atoms with Crippen LogP contribution < -0.4 is 14.4 Å². The molecule has 0 N–H and O–H groups in total. The minimum atomic E-state index is -0.553. The predicted octanol–water partition coefficient (Wildman–Crippen LogP) is 3.34. The molecule has 1 aliphatic rings. The molecule has 1 atom stereocenters. The molecule has 1 aliphatic heterocycles. The van der Waals surface area contributed by atoms with Crippen molar-refractivity contribution in [2.75, 3.05) is 38.2 Å². The topological polar surface area (TPSA) is 42.0 Å². The zero-order chi connectivity index (χ0) is 19.2. The summed E-state index contributed by atoms with van der Waals surface area (Å²) in [5.74, 6) is 0.998. The van der Waals surface area contributed by atoms with Crippen LogP contribution in [-0.2, 0) is 4.79 Å². The average Bonchev–Trinajstić information content (AvgIpc) is 2.73. The maximum absolute atomic E-state index is 13.0. The first-order valence-corrected chi connectivity index (χ1v) is 9.20. The summed E-state index contributed by atoms with van der Waals surface area (Å²) in [6.07, 6.45) is 0.0116. The molecule has 27 heavy (non-hydrogen) atoms. The Morgan fingerprint density at radius 1 is 1.00 bits per heavy atom. The van der Waals surface area contributed by atoms with Crippen LogP contribution in [0.4, 0.5) is 10.1 Å². The van der Waals surface area contributed by atoms with Crippen molar-refractivity contribution >= 4 is 11.6 Å². The van der Waals surface area contributed by atoms with Crippen LogP contribution >= 0.6 is 0 Å². The summed E-state index contributed by atoms with van der Waals surface area (Å²) in [5, 5.41) is 0. The number of ether oxygens (including phenoxy) is 2. The third-order valence-corrected chi connectivity index (χ3v) is 4.77. The largest absolute Gasteiger partial charge is 0.497 e. The summed E-state index contributed by atoms with van der Waals surface area (Å²) in [6.45, 7) is 4.75. The number of hydrogen-bond acceptors (Lipinski definition) is 4. The first-order chi connectivity index (χ1) is 13.1. The van der Waals surface area contributed by atoms with Crippen molar-refractivity contribution < 1.29 is 18.7 Å². The molecule has 1 heterocycles. The van der Waals surface area contributed by atoms with Gasteiger partial charge in [-0.05, 0) is 55.0 Å². The van der Waals surface area contributed by atoms with E-state index in [0.717, 1.165) is 24.5 Å². The average molecular weight is 372 g/mol. The van der Waals surface area contributed by atoms with E-state index in [2.05, 4.69) is 4.90 Å². The third kappa shape index (κ3) is 4.70. The lowest BCUT2D eigenvalue weighted by molar-refractivity contribution is -0.139. The minimum absolute atomic E-state index is 0.0174. The van der Waals surface area contributed by atoms with Crippen LogP contribution in [0, 0.1) is 5.82 Å². The quantitative estimate of drug-likeness (QED) is 0.780. The van der Waals surface area contributed by atoms with Gasteiger partial charge in [0.2, 0.25) is 0 Å². The summed E-state index contributed by atoms with van der Waals surface area (Å²) in [5.41, 5.74) is 1.12. The van der Waals surface area contributed by atoms with Crippen molar-refractivity contribution in [1.82, 2.24) is 4.90 Å². The molecule has 0 aliphatic carbocycles. The van der Waals surface area contributed by atoms with Crippen LogP contribution in [0.5, 0.6) is 11.5 Å². The molecule has 0 aromatic heterocycles. The molecule has 1 unspecified atom stereocenters. The van der Waals surface area contributed by atoms with Gasteiger partial charge in [0, 0.05) is 31.9 Å². The number of hydrogen-bond donors (Lipinski definition) is 0. The Balaban J connectivity index is 1.56. The van der Waals surface area contributed by atoms with Gasteiger partial charge in [0.1, 0.15) is 17.3 Å². The molecular weight excluding hydrogens is 347 g/mol. The summed E-state index contributed by atoms with van der Waals surface area (Å²) in [7, 11) is 1.65. The molecule has 2 aromatic rings. The van der Waals surface area contributed by atoms with E-state index in [0.29, 0.717) is 25.3 Å².